The predicted molar refractivity (Wildman–Crippen MR) is 111 cm³/mol. The normalized spacial score (nSPS) is 11.6. The number of benzene rings is 1. The Bertz CT molecular complexity index is 1040. The van der Waals surface area contributed by atoms with Crippen LogP contribution >= 0.6 is 23.4 Å². The van der Waals surface area contributed by atoms with Crippen molar-refractivity contribution in [3.63, 3.8) is 0 Å². The van der Waals surface area contributed by atoms with Crippen molar-refractivity contribution >= 4 is 39.3 Å². The van der Waals surface area contributed by atoms with Gasteiger partial charge in [0.05, 0.1) is 16.3 Å². The number of allylic oxidation sites excluding steroid dienone is 1. The number of hydrogen-bond acceptors (Lipinski definition) is 5. The minimum Gasteiger partial charge on any atom is -0.384 e. The van der Waals surface area contributed by atoms with Gasteiger partial charge in [-0.15, -0.1) is 11.8 Å². The molecule has 0 saturated carbocycles. The van der Waals surface area contributed by atoms with Gasteiger partial charge in [0.25, 0.3) is 0 Å². The van der Waals surface area contributed by atoms with Crippen LogP contribution in [0.2, 0.25) is 0 Å². The highest BCUT2D eigenvalue weighted by Gasteiger charge is 2.17. The van der Waals surface area contributed by atoms with Gasteiger partial charge in [0, 0.05) is 17.3 Å². The number of nitrogens with one attached hydrogen (secondary N) is 2. The van der Waals surface area contributed by atoms with Crippen LogP contribution in [0.4, 0.5) is 10.2 Å². The van der Waals surface area contributed by atoms with Crippen LogP contribution in [0, 0.1) is 18.2 Å². The standard InChI is InChI=1S/C19H17ClFN5S/c1-10-7-11(3-4-13(10)21)17-18(12-5-6-24-16(23)8-12)26-19(25-17)14(27-2)9-15(20)22/h3-9,22H,1-2H3,(H2,23,24)(H,25,26)/b14-9+,22-15?. The van der Waals surface area contributed by atoms with Crippen molar-refractivity contribution in [1.29, 1.82) is 5.41 Å². The number of rotatable bonds is 5. The Balaban J connectivity index is 2.23. The zero-order valence-corrected chi connectivity index (χ0v) is 16.2. The van der Waals surface area contributed by atoms with Gasteiger partial charge >= 0.3 is 0 Å². The number of aryl methyl sites for hydroxylation is 1. The molecule has 0 fully saturated rings. The molecule has 0 radical (unpaired) electrons. The molecule has 0 unspecified atom stereocenters. The van der Waals surface area contributed by atoms with E-state index in [0.717, 1.165) is 16.8 Å². The largest absolute Gasteiger partial charge is 0.384 e. The van der Waals surface area contributed by atoms with Gasteiger partial charge in [-0.25, -0.2) is 14.4 Å². The number of anilines is 1. The maximum absolute atomic E-state index is 13.7. The van der Waals surface area contributed by atoms with Crippen molar-refractivity contribution in [2.45, 2.75) is 6.92 Å². The van der Waals surface area contributed by atoms with Gasteiger partial charge in [-0.05, 0) is 55.2 Å². The van der Waals surface area contributed by atoms with Crippen molar-refractivity contribution in [2.75, 3.05) is 12.0 Å². The first-order valence-corrected chi connectivity index (χ1v) is 9.58. The summed E-state index contributed by atoms with van der Waals surface area (Å²) >= 11 is 7.14. The molecule has 0 amide bonds. The number of pyridine rings is 1. The Morgan fingerprint density at radius 3 is 2.70 bits per heavy atom. The molecule has 0 bridgehead atoms. The lowest BCUT2D eigenvalue weighted by Gasteiger charge is -2.05. The lowest BCUT2D eigenvalue weighted by Crippen LogP contribution is -1.91. The van der Waals surface area contributed by atoms with Crippen LogP contribution in [0.1, 0.15) is 11.4 Å². The van der Waals surface area contributed by atoms with E-state index in [9.17, 15) is 4.39 Å². The van der Waals surface area contributed by atoms with Gasteiger partial charge in [-0.3, -0.25) is 5.41 Å². The fourth-order valence-corrected chi connectivity index (χ4v) is 3.34. The van der Waals surface area contributed by atoms with E-state index >= 15 is 0 Å². The van der Waals surface area contributed by atoms with E-state index in [1.165, 1.54) is 23.9 Å². The number of aromatic amines is 1. The molecular weight excluding hydrogens is 385 g/mol. The van der Waals surface area contributed by atoms with Crippen LogP contribution < -0.4 is 5.73 Å². The number of halogens is 2. The zero-order chi connectivity index (χ0) is 19.6. The summed E-state index contributed by atoms with van der Waals surface area (Å²) in [5.41, 5.74) is 9.31. The summed E-state index contributed by atoms with van der Waals surface area (Å²) in [5.74, 6) is 0.674. The Morgan fingerprint density at radius 2 is 2.07 bits per heavy atom. The number of thioether (sulfide) groups is 1. The van der Waals surface area contributed by atoms with Crippen molar-refractivity contribution in [3.8, 4) is 22.5 Å². The van der Waals surface area contributed by atoms with Gasteiger partial charge in [0.15, 0.2) is 0 Å². The average molecular weight is 402 g/mol. The topological polar surface area (TPSA) is 91.4 Å². The summed E-state index contributed by atoms with van der Waals surface area (Å²) in [6.07, 6.45) is 5.01. The second-order valence-electron chi connectivity index (χ2n) is 5.80. The predicted octanol–water partition coefficient (Wildman–Crippen LogP) is 5.09. The van der Waals surface area contributed by atoms with Crippen LogP contribution in [-0.2, 0) is 0 Å². The number of nitrogen functional groups attached to an aromatic ring is 1. The second-order valence-corrected chi connectivity index (χ2v) is 7.06. The Hall–Kier alpha value is -2.64. The second kappa shape index (κ2) is 7.94. The summed E-state index contributed by atoms with van der Waals surface area (Å²) < 4.78 is 13.7. The van der Waals surface area contributed by atoms with Crippen LogP contribution in [0.25, 0.3) is 27.4 Å². The van der Waals surface area contributed by atoms with Crippen LogP contribution in [0.15, 0.2) is 42.6 Å². The summed E-state index contributed by atoms with van der Waals surface area (Å²) in [6.45, 7) is 1.71. The molecule has 4 N–H and O–H groups in total. The highest BCUT2D eigenvalue weighted by Crippen LogP contribution is 2.35. The van der Waals surface area contributed by atoms with Gasteiger partial charge in [-0.1, -0.05) is 11.6 Å². The van der Waals surface area contributed by atoms with Gasteiger partial charge in [0.1, 0.15) is 22.6 Å². The summed E-state index contributed by atoms with van der Waals surface area (Å²) in [7, 11) is 0. The summed E-state index contributed by atoms with van der Waals surface area (Å²) in [6, 6.07) is 8.41. The number of nitrogens with two attached hydrogens (primary N) is 1. The summed E-state index contributed by atoms with van der Waals surface area (Å²) in [5, 5.41) is 7.42. The lowest BCUT2D eigenvalue weighted by atomic mass is 10.0. The van der Waals surface area contributed by atoms with Crippen molar-refractivity contribution in [1.82, 2.24) is 15.0 Å². The molecule has 0 aliphatic rings. The smallest absolute Gasteiger partial charge is 0.145 e. The molecule has 8 heteroatoms. The van der Waals surface area contributed by atoms with E-state index in [4.69, 9.17) is 27.7 Å². The molecule has 1 aromatic carbocycles. The van der Waals surface area contributed by atoms with Crippen LogP contribution in [0.5, 0.6) is 0 Å². The fraction of sp³-hybridized carbons (Fsp3) is 0.105. The number of nitrogens with zero attached hydrogens (tertiary/aromatic N) is 2. The van der Waals surface area contributed by atoms with Crippen molar-refractivity contribution in [2.24, 2.45) is 0 Å². The number of H-pyrrole nitrogens is 1. The minimum atomic E-state index is -0.274. The van der Waals surface area contributed by atoms with Crippen molar-refractivity contribution in [3.05, 3.63) is 59.8 Å². The number of hydrogen-bond donors (Lipinski definition) is 3. The minimum absolute atomic E-state index is 0.0929. The third kappa shape index (κ3) is 4.20. The molecule has 0 spiro atoms. The van der Waals surface area contributed by atoms with Crippen LogP contribution in [-0.4, -0.2) is 26.4 Å². The molecule has 0 saturated heterocycles. The third-order valence-corrected chi connectivity index (χ3v) is 4.78. The first-order chi connectivity index (χ1) is 12.9. The maximum atomic E-state index is 13.7. The molecule has 0 atom stereocenters. The van der Waals surface area contributed by atoms with Crippen molar-refractivity contribution < 1.29 is 4.39 Å². The SMILES string of the molecule is CS/C(=C/C(=N)Cl)c1nc(-c2ccc(F)c(C)c2)c(-c2ccnc(N)c2)[nH]1. The van der Waals surface area contributed by atoms with E-state index in [1.807, 2.05) is 12.3 Å². The quantitative estimate of drug-likeness (QED) is 0.519. The first-order valence-electron chi connectivity index (χ1n) is 7.97. The molecule has 3 rings (SSSR count). The molecule has 2 heterocycles. The molecule has 3 aromatic rings. The molecule has 138 valence electrons. The van der Waals surface area contributed by atoms with E-state index in [2.05, 4.69) is 9.97 Å². The third-order valence-electron chi connectivity index (χ3n) is 3.92. The van der Waals surface area contributed by atoms with E-state index in [1.54, 1.807) is 31.3 Å². The molecule has 5 nitrogen and oxygen atoms in total. The number of aromatic nitrogens is 3. The molecular formula is C19H17ClFN5S. The molecule has 27 heavy (non-hydrogen) atoms. The summed E-state index contributed by atoms with van der Waals surface area (Å²) in [4.78, 5) is 12.7. The highest BCUT2D eigenvalue weighted by atomic mass is 35.5. The van der Waals surface area contributed by atoms with Gasteiger partial charge in [0.2, 0.25) is 0 Å². The zero-order valence-electron chi connectivity index (χ0n) is 14.7. The van der Waals surface area contributed by atoms with Crippen LogP contribution in [0.3, 0.4) is 0 Å². The Morgan fingerprint density at radius 1 is 1.30 bits per heavy atom. The molecule has 0 aliphatic carbocycles. The first kappa shape index (κ1) is 19.1. The van der Waals surface area contributed by atoms with E-state index in [0.29, 0.717) is 27.8 Å². The van der Waals surface area contributed by atoms with Gasteiger partial charge < -0.3 is 10.7 Å². The lowest BCUT2D eigenvalue weighted by molar-refractivity contribution is 0.619. The average Bonchev–Trinajstić information content (AvgIpc) is 3.07. The molecule has 0 aliphatic heterocycles. The Kier molecular flexibility index (Phi) is 5.62. The Labute approximate surface area is 165 Å². The number of imidazole rings is 1. The van der Waals surface area contributed by atoms with Gasteiger partial charge in [-0.2, -0.15) is 0 Å². The van der Waals surface area contributed by atoms with E-state index in [-0.39, 0.29) is 11.0 Å². The van der Waals surface area contributed by atoms with E-state index < -0.39 is 0 Å². The highest BCUT2D eigenvalue weighted by molar-refractivity contribution is 8.07. The monoisotopic (exact) mass is 401 g/mol. The molecule has 2 aromatic heterocycles. The fourth-order valence-electron chi connectivity index (χ4n) is 2.64. The maximum Gasteiger partial charge on any atom is 0.145 e.